The van der Waals surface area contributed by atoms with Crippen LogP contribution in [0.3, 0.4) is 0 Å². The van der Waals surface area contributed by atoms with Gasteiger partial charge in [-0.15, -0.1) is 0 Å². The molecule has 0 saturated carbocycles. The summed E-state index contributed by atoms with van der Waals surface area (Å²) in [4.78, 5) is 0. The van der Waals surface area contributed by atoms with Gasteiger partial charge in [0.05, 0.1) is 0 Å². The van der Waals surface area contributed by atoms with Crippen molar-refractivity contribution >= 4 is 27.7 Å². The zero-order valence-corrected chi connectivity index (χ0v) is 11.0. The van der Waals surface area contributed by atoms with E-state index in [4.69, 9.17) is 0 Å². The van der Waals surface area contributed by atoms with E-state index in [9.17, 15) is 0 Å². The number of halogens is 1. The topological polar surface area (TPSA) is 12.0 Å². The maximum atomic E-state index is 3.57. The first-order valence-electron chi connectivity index (χ1n) is 4.68. The van der Waals surface area contributed by atoms with Crippen LogP contribution in [0.25, 0.3) is 0 Å². The molecule has 0 heterocycles. The molecule has 1 N–H and O–H groups in total. The van der Waals surface area contributed by atoms with Crippen LogP contribution in [0, 0.1) is 6.92 Å². The SMILES string of the molecule is CSCCNCc1ccc(C)cc1Br. The number of benzene rings is 1. The molecule has 1 rings (SSSR count). The first kappa shape index (κ1) is 12.1. The molecule has 14 heavy (non-hydrogen) atoms. The third-order valence-corrected chi connectivity index (χ3v) is 3.36. The third kappa shape index (κ3) is 4.03. The highest BCUT2D eigenvalue weighted by Gasteiger charge is 1.98. The van der Waals surface area contributed by atoms with Crippen molar-refractivity contribution in [2.45, 2.75) is 13.5 Å². The van der Waals surface area contributed by atoms with Crippen LogP contribution in [-0.4, -0.2) is 18.6 Å². The van der Waals surface area contributed by atoms with Gasteiger partial charge in [-0.05, 0) is 30.4 Å². The van der Waals surface area contributed by atoms with E-state index < -0.39 is 0 Å². The van der Waals surface area contributed by atoms with Crippen LogP contribution in [-0.2, 0) is 6.54 Å². The first-order valence-corrected chi connectivity index (χ1v) is 6.87. The van der Waals surface area contributed by atoms with E-state index >= 15 is 0 Å². The molecule has 0 radical (unpaired) electrons. The van der Waals surface area contributed by atoms with Gasteiger partial charge in [0.1, 0.15) is 0 Å². The fourth-order valence-electron chi connectivity index (χ4n) is 1.19. The highest BCUT2D eigenvalue weighted by atomic mass is 79.9. The second kappa shape index (κ2) is 6.49. The van der Waals surface area contributed by atoms with Crippen LogP contribution >= 0.6 is 27.7 Å². The molecule has 1 nitrogen and oxygen atoms in total. The number of rotatable bonds is 5. The Bertz CT molecular complexity index is 289. The number of aryl methyl sites for hydroxylation is 1. The number of nitrogens with one attached hydrogen (secondary N) is 1. The molecule has 0 unspecified atom stereocenters. The van der Waals surface area contributed by atoms with Gasteiger partial charge in [-0.25, -0.2) is 0 Å². The standard InChI is InChI=1S/C11H16BrNS/c1-9-3-4-10(11(12)7-9)8-13-5-6-14-2/h3-4,7,13H,5-6,8H2,1-2H3. The van der Waals surface area contributed by atoms with Gasteiger partial charge in [0.2, 0.25) is 0 Å². The third-order valence-electron chi connectivity index (χ3n) is 2.01. The van der Waals surface area contributed by atoms with Gasteiger partial charge in [0.25, 0.3) is 0 Å². The highest BCUT2D eigenvalue weighted by molar-refractivity contribution is 9.10. The van der Waals surface area contributed by atoms with Crippen LogP contribution in [0.5, 0.6) is 0 Å². The molecule has 0 aromatic heterocycles. The maximum absolute atomic E-state index is 3.57. The molecular weight excluding hydrogens is 258 g/mol. The zero-order chi connectivity index (χ0) is 10.4. The van der Waals surface area contributed by atoms with E-state index in [1.807, 2.05) is 11.8 Å². The normalized spacial score (nSPS) is 10.5. The Kier molecular flexibility index (Phi) is 5.60. The molecule has 1 aromatic rings. The summed E-state index contributed by atoms with van der Waals surface area (Å²) in [7, 11) is 0. The summed E-state index contributed by atoms with van der Waals surface area (Å²) < 4.78 is 1.20. The summed E-state index contributed by atoms with van der Waals surface area (Å²) in [5.41, 5.74) is 2.63. The van der Waals surface area contributed by atoms with E-state index in [1.54, 1.807) is 0 Å². The maximum Gasteiger partial charge on any atom is 0.0222 e. The van der Waals surface area contributed by atoms with Crippen molar-refractivity contribution < 1.29 is 0 Å². The van der Waals surface area contributed by atoms with Crippen molar-refractivity contribution in [3.05, 3.63) is 33.8 Å². The summed E-state index contributed by atoms with van der Waals surface area (Å²) in [6, 6.07) is 6.48. The minimum Gasteiger partial charge on any atom is -0.312 e. The number of thioether (sulfide) groups is 1. The molecule has 0 aliphatic rings. The van der Waals surface area contributed by atoms with Gasteiger partial charge in [0.15, 0.2) is 0 Å². The molecule has 0 spiro atoms. The van der Waals surface area contributed by atoms with Gasteiger partial charge in [-0.1, -0.05) is 28.1 Å². The van der Waals surface area contributed by atoms with Gasteiger partial charge in [-0.3, -0.25) is 0 Å². The van der Waals surface area contributed by atoms with Crippen molar-refractivity contribution in [2.75, 3.05) is 18.6 Å². The molecule has 0 aliphatic carbocycles. The summed E-state index contributed by atoms with van der Waals surface area (Å²) in [5.74, 6) is 1.17. The molecule has 1 aromatic carbocycles. The van der Waals surface area contributed by atoms with Crippen LogP contribution in [0.4, 0.5) is 0 Å². The van der Waals surface area contributed by atoms with Crippen LogP contribution in [0.1, 0.15) is 11.1 Å². The smallest absolute Gasteiger partial charge is 0.0222 e. The van der Waals surface area contributed by atoms with Crippen molar-refractivity contribution in [3.63, 3.8) is 0 Å². The quantitative estimate of drug-likeness (QED) is 0.827. The predicted octanol–water partition coefficient (Wildman–Crippen LogP) is 3.21. The van der Waals surface area contributed by atoms with Crippen molar-refractivity contribution in [2.24, 2.45) is 0 Å². The monoisotopic (exact) mass is 273 g/mol. The summed E-state index contributed by atoms with van der Waals surface area (Å²) in [6.45, 7) is 4.12. The Balaban J connectivity index is 2.42. The Morgan fingerprint density at radius 1 is 1.43 bits per heavy atom. The van der Waals surface area contributed by atoms with Gasteiger partial charge in [0, 0.05) is 23.3 Å². The predicted molar refractivity (Wildman–Crippen MR) is 69.0 cm³/mol. The average Bonchev–Trinajstić information content (AvgIpc) is 2.15. The number of hydrogen-bond acceptors (Lipinski definition) is 2. The molecule has 0 bridgehead atoms. The van der Waals surface area contributed by atoms with Crippen LogP contribution < -0.4 is 5.32 Å². The van der Waals surface area contributed by atoms with E-state index in [1.165, 1.54) is 21.4 Å². The average molecular weight is 274 g/mol. The molecule has 0 saturated heterocycles. The summed E-state index contributed by atoms with van der Waals surface area (Å²) in [5, 5.41) is 3.41. The van der Waals surface area contributed by atoms with Crippen molar-refractivity contribution in [3.8, 4) is 0 Å². The Morgan fingerprint density at radius 2 is 2.21 bits per heavy atom. The summed E-state index contributed by atoms with van der Waals surface area (Å²) in [6.07, 6.45) is 2.13. The van der Waals surface area contributed by atoms with Crippen LogP contribution in [0.2, 0.25) is 0 Å². The number of hydrogen-bond donors (Lipinski definition) is 1. The Morgan fingerprint density at radius 3 is 2.86 bits per heavy atom. The fourth-order valence-corrected chi connectivity index (χ4v) is 2.17. The summed E-state index contributed by atoms with van der Waals surface area (Å²) >= 11 is 5.44. The first-order chi connectivity index (χ1) is 6.74. The molecule has 0 amide bonds. The van der Waals surface area contributed by atoms with Crippen molar-refractivity contribution in [1.82, 2.24) is 5.32 Å². The minimum absolute atomic E-state index is 0.946. The Labute approximate surface area is 98.8 Å². The van der Waals surface area contributed by atoms with Crippen LogP contribution in [0.15, 0.2) is 22.7 Å². The Hall–Kier alpha value is 0.01000. The largest absolute Gasteiger partial charge is 0.312 e. The molecule has 0 fully saturated rings. The lowest BCUT2D eigenvalue weighted by Gasteiger charge is -2.06. The van der Waals surface area contributed by atoms with E-state index in [-0.39, 0.29) is 0 Å². The van der Waals surface area contributed by atoms with Gasteiger partial charge >= 0.3 is 0 Å². The molecule has 0 aliphatic heterocycles. The molecule has 3 heteroatoms. The molecule has 0 atom stereocenters. The zero-order valence-electron chi connectivity index (χ0n) is 8.64. The highest BCUT2D eigenvalue weighted by Crippen LogP contribution is 2.17. The minimum atomic E-state index is 0.946. The second-order valence-corrected chi connectivity index (χ2v) is 5.10. The van der Waals surface area contributed by atoms with E-state index in [2.05, 4.69) is 52.6 Å². The van der Waals surface area contributed by atoms with Gasteiger partial charge in [-0.2, -0.15) is 11.8 Å². The lowest BCUT2D eigenvalue weighted by atomic mass is 10.1. The van der Waals surface area contributed by atoms with E-state index in [0.29, 0.717) is 0 Å². The lowest BCUT2D eigenvalue weighted by molar-refractivity contribution is 0.730. The van der Waals surface area contributed by atoms with E-state index in [0.717, 1.165) is 13.1 Å². The molecular formula is C11H16BrNS. The fraction of sp³-hybridized carbons (Fsp3) is 0.455. The lowest BCUT2D eigenvalue weighted by Crippen LogP contribution is -2.16. The van der Waals surface area contributed by atoms with Crippen molar-refractivity contribution in [1.29, 1.82) is 0 Å². The van der Waals surface area contributed by atoms with Gasteiger partial charge < -0.3 is 5.32 Å². The molecule has 78 valence electrons. The second-order valence-electron chi connectivity index (χ2n) is 3.26.